The number of nitrogens with one attached hydrogen (secondary N) is 1. The zero-order valence-electron chi connectivity index (χ0n) is 60.0. The number of aliphatic hydroxyl groups is 1. The predicted molar refractivity (Wildman–Crippen MR) is 401 cm³/mol. The number of hydrogen-bond donors (Lipinski definition) is 3. The first-order chi connectivity index (χ1) is 44.5. The highest BCUT2D eigenvalue weighted by molar-refractivity contribution is 7.47. The number of phosphoric acid groups is 1. The van der Waals surface area contributed by atoms with E-state index >= 15 is 0 Å². The largest absolute Gasteiger partial charge is 0.472 e. The number of amides is 1. The maximum Gasteiger partial charge on any atom is 0.472 e. The van der Waals surface area contributed by atoms with Crippen molar-refractivity contribution in [3.05, 3.63) is 134 Å². The number of unbranched alkanes of at least 4 members (excludes halogenated alkanes) is 34. The summed E-state index contributed by atoms with van der Waals surface area (Å²) in [6.45, 7) is 4.78. The summed E-state index contributed by atoms with van der Waals surface area (Å²) in [5.74, 6) is -0.164. The molecule has 1 amide bonds. The van der Waals surface area contributed by atoms with Crippen molar-refractivity contribution in [2.24, 2.45) is 0 Å². The van der Waals surface area contributed by atoms with Crippen molar-refractivity contribution in [3.63, 3.8) is 0 Å². The number of nitrogens with zero attached hydrogens (tertiary/aromatic N) is 1. The molecule has 0 aliphatic carbocycles. The first-order valence-electron chi connectivity index (χ1n) is 38.0. The monoisotopic (exact) mass is 1290 g/mol. The maximum absolute atomic E-state index is 13.1. The van der Waals surface area contributed by atoms with Crippen LogP contribution in [0.4, 0.5) is 0 Å². The molecule has 0 aliphatic rings. The average Bonchev–Trinajstić information content (AvgIpc) is 3.58. The summed E-state index contributed by atoms with van der Waals surface area (Å²) >= 11 is 0. The van der Waals surface area contributed by atoms with Crippen LogP contribution in [-0.4, -0.2) is 73.4 Å². The fourth-order valence-electron chi connectivity index (χ4n) is 10.8. The van der Waals surface area contributed by atoms with Gasteiger partial charge in [0, 0.05) is 6.42 Å². The van der Waals surface area contributed by atoms with E-state index in [0.717, 1.165) is 128 Å². The van der Waals surface area contributed by atoms with Gasteiger partial charge in [0.1, 0.15) is 13.2 Å². The molecule has 0 aromatic rings. The van der Waals surface area contributed by atoms with Crippen molar-refractivity contribution in [3.8, 4) is 0 Å². The normalized spacial score (nSPS) is 14.3. The Balaban J connectivity index is 4.11. The van der Waals surface area contributed by atoms with Gasteiger partial charge in [-0.3, -0.25) is 13.8 Å². The molecule has 0 aromatic heterocycles. The van der Waals surface area contributed by atoms with E-state index in [9.17, 15) is 19.4 Å². The van der Waals surface area contributed by atoms with Crippen LogP contribution in [0.5, 0.6) is 0 Å². The van der Waals surface area contributed by atoms with Crippen LogP contribution in [0.3, 0.4) is 0 Å². The second-order valence-electron chi connectivity index (χ2n) is 26.7. The van der Waals surface area contributed by atoms with Crippen molar-refractivity contribution < 1.29 is 32.9 Å². The van der Waals surface area contributed by atoms with Gasteiger partial charge in [-0.25, -0.2) is 4.57 Å². The molecule has 0 aromatic carbocycles. The quantitative estimate of drug-likeness (QED) is 0.0243. The molecule has 0 saturated heterocycles. The highest BCUT2D eigenvalue weighted by Gasteiger charge is 2.28. The molecular formula is C82H146N2O6P+. The van der Waals surface area contributed by atoms with Crippen molar-refractivity contribution in [2.75, 3.05) is 40.9 Å². The van der Waals surface area contributed by atoms with Crippen LogP contribution < -0.4 is 5.32 Å². The van der Waals surface area contributed by atoms with E-state index in [-0.39, 0.29) is 19.1 Å². The van der Waals surface area contributed by atoms with Crippen LogP contribution in [0.15, 0.2) is 134 Å². The predicted octanol–water partition coefficient (Wildman–Crippen LogP) is 24.9. The first kappa shape index (κ1) is 87.6. The minimum absolute atomic E-state index is 0.0644. The number of aliphatic hydroxyl groups excluding tert-OH is 1. The third-order valence-corrected chi connectivity index (χ3v) is 17.6. The molecule has 91 heavy (non-hydrogen) atoms. The number of carbonyl (C=O) groups excluding carboxylic acids is 1. The van der Waals surface area contributed by atoms with Gasteiger partial charge in [0.05, 0.1) is 39.9 Å². The summed E-state index contributed by atoms with van der Waals surface area (Å²) in [5, 5.41) is 14.2. The summed E-state index contributed by atoms with van der Waals surface area (Å²) in [4.78, 5) is 23.5. The van der Waals surface area contributed by atoms with Crippen LogP contribution in [0.2, 0.25) is 0 Å². The molecule has 0 radical (unpaired) electrons. The molecule has 3 N–H and O–H groups in total. The molecule has 0 bridgehead atoms. The Morgan fingerprint density at radius 3 is 0.967 bits per heavy atom. The minimum atomic E-state index is -4.35. The number of hydrogen-bond acceptors (Lipinski definition) is 5. The SMILES string of the molecule is CC/C=C\C/C=C\C/C=C\C/C=C\C/C=C\C/C=C\C/C=C\C/C=C\C/C=C\C/C=C\C/C=C\CCCCCCCC(=O)NC(COP(=O)(O)OCC[N+](C)(C)C)C(O)CCCCCCCCCCCCCCCCCCCCCCCCCCCCCCCC. The third kappa shape index (κ3) is 73.9. The Morgan fingerprint density at radius 2 is 0.659 bits per heavy atom. The topological polar surface area (TPSA) is 105 Å². The second kappa shape index (κ2) is 70.9. The molecule has 0 aliphatic heterocycles. The van der Waals surface area contributed by atoms with E-state index in [1.165, 1.54) is 173 Å². The van der Waals surface area contributed by atoms with E-state index in [1.807, 2.05) is 21.1 Å². The average molecular weight is 1290 g/mol. The van der Waals surface area contributed by atoms with Gasteiger partial charge in [0.15, 0.2) is 0 Å². The fourth-order valence-corrected chi connectivity index (χ4v) is 11.6. The zero-order chi connectivity index (χ0) is 66.2. The Morgan fingerprint density at radius 1 is 0.385 bits per heavy atom. The number of rotatable bonds is 69. The van der Waals surface area contributed by atoms with Crippen molar-refractivity contribution >= 4 is 13.7 Å². The minimum Gasteiger partial charge on any atom is -0.391 e. The van der Waals surface area contributed by atoms with Crippen molar-refractivity contribution in [1.29, 1.82) is 0 Å². The van der Waals surface area contributed by atoms with Gasteiger partial charge in [0.2, 0.25) is 5.91 Å². The molecule has 0 heterocycles. The highest BCUT2D eigenvalue weighted by Crippen LogP contribution is 2.43. The van der Waals surface area contributed by atoms with Crippen molar-refractivity contribution in [2.45, 2.75) is 341 Å². The van der Waals surface area contributed by atoms with Crippen LogP contribution >= 0.6 is 7.82 Å². The molecule has 8 nitrogen and oxygen atoms in total. The number of quaternary nitrogens is 1. The molecular weight excluding hydrogens is 1140 g/mol. The number of carbonyl (C=O) groups is 1. The lowest BCUT2D eigenvalue weighted by molar-refractivity contribution is -0.870. The van der Waals surface area contributed by atoms with Crippen LogP contribution in [0.1, 0.15) is 328 Å². The smallest absolute Gasteiger partial charge is 0.391 e. The summed E-state index contributed by atoms with van der Waals surface area (Å²) in [5.41, 5.74) is 0. The first-order valence-corrected chi connectivity index (χ1v) is 39.5. The van der Waals surface area contributed by atoms with Gasteiger partial charge in [-0.05, 0) is 96.3 Å². The molecule has 3 unspecified atom stereocenters. The van der Waals surface area contributed by atoms with E-state index in [0.29, 0.717) is 23.9 Å². The third-order valence-electron chi connectivity index (χ3n) is 16.7. The van der Waals surface area contributed by atoms with Crippen LogP contribution in [0, 0.1) is 0 Å². The van der Waals surface area contributed by atoms with E-state index in [1.54, 1.807) is 0 Å². The van der Waals surface area contributed by atoms with E-state index < -0.39 is 20.0 Å². The van der Waals surface area contributed by atoms with Crippen LogP contribution in [0.25, 0.3) is 0 Å². The Hall–Kier alpha value is -3.36. The standard InChI is InChI=1S/C82H145N2O6P/c1-6-8-10-12-14-16-18-20-22-24-26-28-30-32-34-36-38-39-40-41-42-43-44-45-46-48-50-52-54-56-58-60-62-64-66-68-70-72-74-76-82(86)83-80(79-90-91(87,88)89-78-77-84(3,4)5)81(85)75-73-71-69-67-65-63-61-59-57-55-53-51-49-47-37-35-33-31-29-27-25-23-21-19-17-15-13-11-9-7-2/h8,10,14,16,20,22,26,28,32,34,38-39,41-42,44-45,48,50,54,56,60,62,80-81,85H,6-7,9,11-13,15,17-19,21,23-25,27,29-31,33,35-37,40,43,46-47,49,51-53,55,57-59,61,63-79H2,1-5H3,(H-,83,86,87,88)/p+1/b10-8-,16-14-,22-20-,28-26-,34-32-,39-38-,42-41-,45-44-,50-48-,56-54-,62-60-. The lowest BCUT2D eigenvalue weighted by Gasteiger charge is -2.26. The van der Waals surface area contributed by atoms with Crippen molar-refractivity contribution in [1.82, 2.24) is 5.32 Å². The maximum atomic E-state index is 13.1. The Kier molecular flexibility index (Phi) is 68.3. The molecule has 0 fully saturated rings. The van der Waals surface area contributed by atoms with Crippen LogP contribution in [-0.2, 0) is 18.4 Å². The summed E-state index contributed by atoms with van der Waals surface area (Å²) in [7, 11) is 1.59. The Bertz CT molecular complexity index is 1950. The molecule has 0 spiro atoms. The molecule has 3 atom stereocenters. The summed E-state index contributed by atoms with van der Waals surface area (Å²) in [6.07, 6.45) is 107. The van der Waals surface area contributed by atoms with Gasteiger partial charge in [-0.15, -0.1) is 0 Å². The lowest BCUT2D eigenvalue weighted by Crippen LogP contribution is -2.46. The second-order valence-corrected chi connectivity index (χ2v) is 28.1. The number of likely N-dealkylation sites (N-methyl/N-ethyl adjacent to an activating group) is 1. The lowest BCUT2D eigenvalue weighted by atomic mass is 10.0. The van der Waals surface area contributed by atoms with Gasteiger partial charge in [-0.2, -0.15) is 0 Å². The van der Waals surface area contributed by atoms with Gasteiger partial charge < -0.3 is 19.8 Å². The fraction of sp³-hybridized carbons (Fsp3) is 0.720. The summed E-state index contributed by atoms with van der Waals surface area (Å²) in [6, 6.07) is -0.783. The van der Waals surface area contributed by atoms with Gasteiger partial charge in [0.25, 0.3) is 0 Å². The molecule has 524 valence electrons. The number of phosphoric ester groups is 1. The molecule has 0 rings (SSSR count). The molecule has 0 saturated carbocycles. The Labute approximate surface area is 564 Å². The number of allylic oxidation sites excluding steroid dienone is 22. The van der Waals surface area contributed by atoms with E-state index in [4.69, 9.17) is 9.05 Å². The van der Waals surface area contributed by atoms with Gasteiger partial charge in [-0.1, -0.05) is 359 Å². The summed E-state index contributed by atoms with van der Waals surface area (Å²) < 4.78 is 23.9. The molecule has 9 heteroatoms. The highest BCUT2D eigenvalue weighted by atomic mass is 31.2. The van der Waals surface area contributed by atoms with Gasteiger partial charge >= 0.3 is 7.82 Å². The zero-order valence-corrected chi connectivity index (χ0v) is 60.9. The van der Waals surface area contributed by atoms with E-state index in [2.05, 4.69) is 153 Å².